The van der Waals surface area contributed by atoms with Gasteiger partial charge in [-0.15, -0.1) is 0 Å². The first-order valence-electron chi connectivity index (χ1n) is 9.89. The third-order valence-electron chi connectivity index (χ3n) is 5.44. The predicted octanol–water partition coefficient (Wildman–Crippen LogP) is 4.29. The van der Waals surface area contributed by atoms with E-state index in [1.165, 1.54) is 0 Å². The molecule has 3 rings (SSSR count). The normalized spacial score (nSPS) is 17.1. The lowest BCUT2D eigenvalue weighted by molar-refractivity contribution is -0.136. The van der Waals surface area contributed by atoms with Crippen LogP contribution in [0.5, 0.6) is 0 Å². The molecule has 1 N–H and O–H groups in total. The molecular weight excluding hydrogens is 336 g/mol. The number of benzene rings is 2. The highest BCUT2D eigenvalue weighted by Gasteiger charge is 2.38. The molecule has 1 amide bonds. The lowest BCUT2D eigenvalue weighted by atomic mass is 9.89. The van der Waals surface area contributed by atoms with Gasteiger partial charge in [-0.05, 0) is 50.3 Å². The molecule has 1 aliphatic heterocycles. The van der Waals surface area contributed by atoms with E-state index in [4.69, 9.17) is 4.74 Å². The van der Waals surface area contributed by atoms with E-state index < -0.39 is 5.54 Å². The smallest absolute Gasteiger partial charge is 0.252 e. The van der Waals surface area contributed by atoms with Crippen molar-refractivity contribution < 1.29 is 9.53 Å². The maximum atomic E-state index is 13.7. The molecule has 1 fully saturated rings. The molecule has 27 heavy (non-hydrogen) atoms. The summed E-state index contributed by atoms with van der Waals surface area (Å²) >= 11 is 0. The summed E-state index contributed by atoms with van der Waals surface area (Å²) in [5.41, 5.74) is 1.10. The molecule has 0 aliphatic carbocycles. The van der Waals surface area contributed by atoms with Gasteiger partial charge in [0.15, 0.2) is 0 Å². The Morgan fingerprint density at radius 1 is 1.07 bits per heavy atom. The number of nitrogens with zero attached hydrogens (tertiary/aromatic N) is 1. The van der Waals surface area contributed by atoms with Crippen LogP contribution in [-0.4, -0.2) is 37.1 Å². The van der Waals surface area contributed by atoms with Crippen molar-refractivity contribution in [2.75, 3.05) is 31.6 Å². The van der Waals surface area contributed by atoms with Crippen molar-refractivity contribution in [3.05, 3.63) is 66.2 Å². The van der Waals surface area contributed by atoms with Crippen LogP contribution in [-0.2, 0) is 15.1 Å². The van der Waals surface area contributed by atoms with Crippen molar-refractivity contribution in [2.45, 2.75) is 32.2 Å². The molecule has 4 heteroatoms. The molecule has 4 nitrogen and oxygen atoms in total. The largest absolute Gasteiger partial charge is 0.381 e. The molecular formula is C23H30N2O2. The molecule has 0 spiro atoms. The van der Waals surface area contributed by atoms with Crippen molar-refractivity contribution in [2.24, 2.45) is 5.92 Å². The summed E-state index contributed by atoms with van der Waals surface area (Å²) in [5.74, 6) is 0.631. The summed E-state index contributed by atoms with van der Waals surface area (Å²) in [7, 11) is 0. The van der Waals surface area contributed by atoms with E-state index in [-0.39, 0.29) is 5.91 Å². The van der Waals surface area contributed by atoms with Crippen LogP contribution in [0.15, 0.2) is 60.7 Å². The van der Waals surface area contributed by atoms with Crippen LogP contribution in [0.3, 0.4) is 0 Å². The summed E-state index contributed by atoms with van der Waals surface area (Å²) in [4.78, 5) is 15.7. The number of rotatable bonds is 7. The Hall–Kier alpha value is -2.33. The van der Waals surface area contributed by atoms with Crippen LogP contribution in [0.25, 0.3) is 0 Å². The quantitative estimate of drug-likeness (QED) is 0.795. The van der Waals surface area contributed by atoms with Gasteiger partial charge in [0.2, 0.25) is 0 Å². The number of carbonyl (C=O) groups excluding carboxylic acids is 1. The Morgan fingerprint density at radius 2 is 1.67 bits per heavy atom. The van der Waals surface area contributed by atoms with Crippen LogP contribution in [0.4, 0.5) is 5.69 Å². The van der Waals surface area contributed by atoms with E-state index in [2.05, 4.69) is 12.2 Å². The number of carbonyl (C=O) groups is 1. The summed E-state index contributed by atoms with van der Waals surface area (Å²) in [5, 5.41) is 3.51. The summed E-state index contributed by atoms with van der Waals surface area (Å²) in [6.07, 6.45) is 2.05. The molecule has 0 bridgehead atoms. The second-order valence-corrected chi connectivity index (χ2v) is 7.38. The molecule has 144 valence electrons. The van der Waals surface area contributed by atoms with E-state index in [0.717, 1.165) is 43.9 Å². The van der Waals surface area contributed by atoms with Crippen LogP contribution in [0, 0.1) is 5.92 Å². The van der Waals surface area contributed by atoms with Crippen LogP contribution in [0.2, 0.25) is 0 Å². The molecule has 1 atom stereocenters. The van der Waals surface area contributed by atoms with Gasteiger partial charge in [0.05, 0.1) is 0 Å². The first-order valence-corrected chi connectivity index (χ1v) is 9.89. The van der Waals surface area contributed by atoms with E-state index >= 15 is 0 Å². The van der Waals surface area contributed by atoms with E-state index in [1.807, 2.05) is 72.5 Å². The summed E-state index contributed by atoms with van der Waals surface area (Å²) in [6, 6.07) is 20.0. The van der Waals surface area contributed by atoms with Crippen molar-refractivity contribution in [3.63, 3.8) is 0 Å². The molecule has 0 radical (unpaired) electrons. The highest BCUT2D eigenvalue weighted by atomic mass is 16.5. The Labute approximate surface area is 162 Å². The summed E-state index contributed by atoms with van der Waals surface area (Å²) < 4.78 is 5.48. The number of ether oxygens (including phenoxy) is 1. The average Bonchev–Trinajstić information content (AvgIpc) is 2.73. The van der Waals surface area contributed by atoms with Gasteiger partial charge in [-0.2, -0.15) is 0 Å². The van der Waals surface area contributed by atoms with Gasteiger partial charge in [0.1, 0.15) is 5.54 Å². The zero-order valence-corrected chi connectivity index (χ0v) is 16.4. The van der Waals surface area contributed by atoms with Crippen molar-refractivity contribution in [3.8, 4) is 0 Å². The highest BCUT2D eigenvalue weighted by molar-refractivity contribution is 5.90. The standard InChI is InChI=1S/C23H30N2O2/c1-3-25(18-19-14-16-27-17-15-19)22(26)23(2,20-10-6-4-7-11-20)24-21-12-8-5-9-13-21/h4-13,19,24H,3,14-18H2,1-2H3. The average molecular weight is 367 g/mol. The van der Waals surface area contributed by atoms with Crippen molar-refractivity contribution in [1.29, 1.82) is 0 Å². The van der Waals surface area contributed by atoms with E-state index in [9.17, 15) is 4.79 Å². The van der Waals surface area contributed by atoms with Crippen LogP contribution < -0.4 is 5.32 Å². The first-order chi connectivity index (χ1) is 13.1. The molecule has 2 aromatic rings. The Morgan fingerprint density at radius 3 is 2.26 bits per heavy atom. The van der Waals surface area contributed by atoms with Gasteiger partial charge < -0.3 is 15.0 Å². The maximum absolute atomic E-state index is 13.7. The lowest BCUT2D eigenvalue weighted by Gasteiger charge is -2.38. The Balaban J connectivity index is 1.87. The SMILES string of the molecule is CCN(CC1CCOCC1)C(=O)C(C)(Nc1ccccc1)c1ccccc1. The van der Waals surface area contributed by atoms with Gasteiger partial charge in [0.25, 0.3) is 5.91 Å². The summed E-state index contributed by atoms with van der Waals surface area (Å²) in [6.45, 7) is 7.14. The zero-order chi connectivity index (χ0) is 19.1. The number of anilines is 1. The minimum atomic E-state index is -0.816. The van der Waals surface area contributed by atoms with Gasteiger partial charge in [0, 0.05) is 32.0 Å². The number of hydrogen-bond donors (Lipinski definition) is 1. The third kappa shape index (κ3) is 4.69. The fourth-order valence-electron chi connectivity index (χ4n) is 3.74. The molecule has 1 saturated heterocycles. The van der Waals surface area contributed by atoms with Crippen LogP contribution >= 0.6 is 0 Å². The fraction of sp³-hybridized carbons (Fsp3) is 0.435. The number of likely N-dealkylation sites (N-methyl/N-ethyl adjacent to an activating group) is 1. The third-order valence-corrected chi connectivity index (χ3v) is 5.44. The van der Waals surface area contributed by atoms with Gasteiger partial charge in [-0.3, -0.25) is 4.79 Å². The Kier molecular flexibility index (Phi) is 6.51. The zero-order valence-electron chi connectivity index (χ0n) is 16.4. The van der Waals surface area contributed by atoms with Gasteiger partial charge in [-0.25, -0.2) is 0 Å². The molecule has 2 aromatic carbocycles. The second-order valence-electron chi connectivity index (χ2n) is 7.38. The van der Waals surface area contributed by atoms with Crippen LogP contribution in [0.1, 0.15) is 32.3 Å². The molecule has 1 aliphatic rings. The number of para-hydroxylation sites is 1. The number of amides is 1. The first kappa shape index (κ1) is 19.4. The molecule has 1 heterocycles. The maximum Gasteiger partial charge on any atom is 0.252 e. The minimum Gasteiger partial charge on any atom is -0.381 e. The van der Waals surface area contributed by atoms with E-state index in [1.54, 1.807) is 0 Å². The van der Waals surface area contributed by atoms with Crippen molar-refractivity contribution in [1.82, 2.24) is 4.90 Å². The number of nitrogens with one attached hydrogen (secondary N) is 1. The second kappa shape index (κ2) is 9.05. The van der Waals surface area contributed by atoms with Crippen molar-refractivity contribution >= 4 is 11.6 Å². The Bertz CT molecular complexity index is 714. The monoisotopic (exact) mass is 366 g/mol. The van der Waals surface area contributed by atoms with E-state index in [0.29, 0.717) is 12.5 Å². The molecule has 1 unspecified atom stereocenters. The topological polar surface area (TPSA) is 41.6 Å². The fourth-order valence-corrected chi connectivity index (χ4v) is 3.74. The minimum absolute atomic E-state index is 0.117. The highest BCUT2D eigenvalue weighted by Crippen LogP contribution is 2.29. The molecule has 0 saturated carbocycles. The van der Waals surface area contributed by atoms with Gasteiger partial charge in [-0.1, -0.05) is 48.5 Å². The molecule has 0 aromatic heterocycles. The predicted molar refractivity (Wildman–Crippen MR) is 110 cm³/mol. The number of hydrogen-bond acceptors (Lipinski definition) is 3. The van der Waals surface area contributed by atoms with Gasteiger partial charge >= 0.3 is 0 Å². The lowest BCUT2D eigenvalue weighted by Crippen LogP contribution is -2.51.